The van der Waals surface area contributed by atoms with E-state index in [0.717, 1.165) is 43.9 Å². The fourth-order valence-electron chi connectivity index (χ4n) is 3.33. The zero-order chi connectivity index (χ0) is 18.0. The van der Waals surface area contributed by atoms with E-state index in [1.54, 1.807) is 0 Å². The van der Waals surface area contributed by atoms with E-state index in [0.29, 0.717) is 0 Å². The van der Waals surface area contributed by atoms with Crippen LogP contribution in [0.15, 0.2) is 48.7 Å². The molecule has 0 bridgehead atoms. The lowest BCUT2D eigenvalue weighted by atomic mass is 10.0. The number of hydrogen-bond acceptors (Lipinski definition) is 3. The molecule has 4 heteroatoms. The molecule has 1 aromatic heterocycles. The molecule has 2 aromatic carbocycles. The lowest BCUT2D eigenvalue weighted by molar-refractivity contribution is 0.591. The summed E-state index contributed by atoms with van der Waals surface area (Å²) >= 11 is 5.70. The van der Waals surface area contributed by atoms with Gasteiger partial charge in [-0.3, -0.25) is 4.98 Å². The first-order valence-electron chi connectivity index (χ1n) is 9.67. The molecule has 0 saturated carbocycles. The van der Waals surface area contributed by atoms with E-state index in [2.05, 4.69) is 52.0 Å². The highest BCUT2D eigenvalue weighted by atomic mass is 35.5. The summed E-state index contributed by atoms with van der Waals surface area (Å²) in [5.41, 5.74) is 2.25. The van der Waals surface area contributed by atoms with Crippen LogP contribution in [0.4, 0.5) is 5.69 Å². The van der Waals surface area contributed by atoms with Crippen molar-refractivity contribution >= 4 is 39.0 Å². The standard InChI is InChI=1S/C22H28ClN3/c23-12-5-1-2-6-13-24-14-8-16-26-22-19-10-4-3-9-18(19)17-21-20(22)11-7-15-25-21/h3-4,7,9-11,15,17,24,26H,1-2,5-6,8,12-14,16H2. The molecule has 0 aliphatic heterocycles. The lowest BCUT2D eigenvalue weighted by Crippen LogP contribution is -2.19. The van der Waals surface area contributed by atoms with E-state index >= 15 is 0 Å². The van der Waals surface area contributed by atoms with Gasteiger partial charge in [0, 0.05) is 29.4 Å². The Kier molecular flexibility index (Phi) is 7.53. The van der Waals surface area contributed by atoms with Gasteiger partial charge in [0.1, 0.15) is 0 Å². The number of pyridine rings is 1. The van der Waals surface area contributed by atoms with Gasteiger partial charge in [-0.25, -0.2) is 0 Å². The number of benzene rings is 2. The monoisotopic (exact) mass is 369 g/mol. The maximum atomic E-state index is 5.70. The number of nitrogens with one attached hydrogen (secondary N) is 2. The zero-order valence-electron chi connectivity index (χ0n) is 15.3. The lowest BCUT2D eigenvalue weighted by Gasteiger charge is -2.13. The van der Waals surface area contributed by atoms with E-state index in [1.807, 2.05) is 12.3 Å². The fraction of sp³-hybridized carbons (Fsp3) is 0.409. The van der Waals surface area contributed by atoms with Crippen molar-refractivity contribution in [2.24, 2.45) is 0 Å². The Morgan fingerprint density at radius 1 is 0.808 bits per heavy atom. The van der Waals surface area contributed by atoms with Crippen molar-refractivity contribution in [3.05, 3.63) is 48.7 Å². The number of halogens is 1. The number of aromatic nitrogens is 1. The van der Waals surface area contributed by atoms with Crippen LogP contribution in [0.2, 0.25) is 0 Å². The Hall–Kier alpha value is -1.84. The molecule has 0 fully saturated rings. The van der Waals surface area contributed by atoms with E-state index < -0.39 is 0 Å². The molecule has 26 heavy (non-hydrogen) atoms. The maximum absolute atomic E-state index is 5.70. The summed E-state index contributed by atoms with van der Waals surface area (Å²) in [6.45, 7) is 3.10. The molecular weight excluding hydrogens is 342 g/mol. The van der Waals surface area contributed by atoms with Gasteiger partial charge in [-0.1, -0.05) is 37.1 Å². The summed E-state index contributed by atoms with van der Waals surface area (Å²) in [6, 6.07) is 14.8. The van der Waals surface area contributed by atoms with Gasteiger partial charge >= 0.3 is 0 Å². The Labute approximate surface area is 161 Å². The predicted molar refractivity (Wildman–Crippen MR) is 114 cm³/mol. The van der Waals surface area contributed by atoms with Gasteiger partial charge in [-0.15, -0.1) is 11.6 Å². The highest BCUT2D eigenvalue weighted by molar-refractivity contribution is 6.17. The van der Waals surface area contributed by atoms with Gasteiger partial charge in [-0.05, 0) is 55.9 Å². The number of nitrogens with zero attached hydrogens (tertiary/aromatic N) is 1. The van der Waals surface area contributed by atoms with Crippen LogP contribution >= 0.6 is 11.6 Å². The smallest absolute Gasteiger partial charge is 0.0729 e. The second-order valence-corrected chi connectivity index (χ2v) is 7.05. The maximum Gasteiger partial charge on any atom is 0.0729 e. The van der Waals surface area contributed by atoms with E-state index in [4.69, 9.17) is 11.6 Å². The van der Waals surface area contributed by atoms with Crippen LogP contribution in [0.1, 0.15) is 32.1 Å². The molecule has 3 rings (SSSR count). The van der Waals surface area contributed by atoms with Crippen LogP contribution in [-0.4, -0.2) is 30.5 Å². The molecule has 0 saturated heterocycles. The first-order chi connectivity index (χ1) is 12.9. The third-order valence-electron chi connectivity index (χ3n) is 4.70. The van der Waals surface area contributed by atoms with E-state index in [1.165, 1.54) is 41.1 Å². The number of rotatable bonds is 11. The van der Waals surface area contributed by atoms with Crippen LogP contribution in [-0.2, 0) is 0 Å². The fourth-order valence-corrected chi connectivity index (χ4v) is 3.52. The van der Waals surface area contributed by atoms with Crippen molar-refractivity contribution in [3.63, 3.8) is 0 Å². The van der Waals surface area contributed by atoms with Crippen molar-refractivity contribution in [2.75, 3.05) is 30.8 Å². The van der Waals surface area contributed by atoms with Gasteiger partial charge in [0.2, 0.25) is 0 Å². The Morgan fingerprint density at radius 3 is 2.54 bits per heavy atom. The average Bonchev–Trinajstić information content (AvgIpc) is 2.68. The number of hydrogen-bond donors (Lipinski definition) is 2. The molecule has 0 aliphatic rings. The SMILES string of the molecule is ClCCCCCCNCCCNc1c2ccccc2cc2ncccc12. The molecule has 1 heterocycles. The molecule has 0 radical (unpaired) electrons. The number of alkyl halides is 1. The zero-order valence-corrected chi connectivity index (χ0v) is 16.1. The summed E-state index contributed by atoms with van der Waals surface area (Å²) in [5.74, 6) is 0.789. The molecule has 0 aliphatic carbocycles. The van der Waals surface area contributed by atoms with Crippen molar-refractivity contribution in [1.82, 2.24) is 10.3 Å². The van der Waals surface area contributed by atoms with Crippen LogP contribution < -0.4 is 10.6 Å². The van der Waals surface area contributed by atoms with Crippen LogP contribution in [0, 0.1) is 0 Å². The largest absolute Gasteiger partial charge is 0.384 e. The third-order valence-corrected chi connectivity index (χ3v) is 4.97. The first kappa shape index (κ1) is 18.9. The van der Waals surface area contributed by atoms with Crippen molar-refractivity contribution in [3.8, 4) is 0 Å². The van der Waals surface area contributed by atoms with Crippen molar-refractivity contribution in [1.29, 1.82) is 0 Å². The van der Waals surface area contributed by atoms with Crippen molar-refractivity contribution < 1.29 is 0 Å². The minimum absolute atomic E-state index is 0.789. The number of anilines is 1. The molecule has 3 nitrogen and oxygen atoms in total. The molecule has 2 N–H and O–H groups in total. The molecular formula is C22H28ClN3. The van der Waals surface area contributed by atoms with Crippen LogP contribution in [0.25, 0.3) is 21.7 Å². The Balaban J connectivity index is 1.52. The summed E-state index contributed by atoms with van der Waals surface area (Å²) in [4.78, 5) is 4.53. The van der Waals surface area contributed by atoms with Gasteiger partial charge < -0.3 is 10.6 Å². The highest BCUT2D eigenvalue weighted by Crippen LogP contribution is 2.31. The van der Waals surface area contributed by atoms with Gasteiger partial charge in [0.05, 0.1) is 11.2 Å². The summed E-state index contributed by atoms with van der Waals surface area (Å²) in [6.07, 6.45) is 7.86. The molecule has 138 valence electrons. The summed E-state index contributed by atoms with van der Waals surface area (Å²) < 4.78 is 0. The van der Waals surface area contributed by atoms with Gasteiger partial charge in [-0.2, -0.15) is 0 Å². The topological polar surface area (TPSA) is 37.0 Å². The normalized spacial score (nSPS) is 11.3. The van der Waals surface area contributed by atoms with Gasteiger partial charge in [0.25, 0.3) is 0 Å². The highest BCUT2D eigenvalue weighted by Gasteiger charge is 2.07. The predicted octanol–water partition coefficient (Wildman–Crippen LogP) is 5.58. The molecule has 0 atom stereocenters. The molecule has 3 aromatic rings. The Bertz CT molecular complexity index is 765. The second kappa shape index (κ2) is 10.3. The minimum atomic E-state index is 0.789. The first-order valence-corrected chi connectivity index (χ1v) is 10.2. The average molecular weight is 370 g/mol. The number of unbranched alkanes of at least 4 members (excludes halogenated alkanes) is 3. The molecule has 0 spiro atoms. The third kappa shape index (κ3) is 5.09. The number of fused-ring (bicyclic) bond motifs is 2. The van der Waals surface area contributed by atoms with Crippen LogP contribution in [0.3, 0.4) is 0 Å². The minimum Gasteiger partial charge on any atom is -0.384 e. The van der Waals surface area contributed by atoms with E-state index in [9.17, 15) is 0 Å². The summed E-state index contributed by atoms with van der Waals surface area (Å²) in [7, 11) is 0. The van der Waals surface area contributed by atoms with Gasteiger partial charge in [0.15, 0.2) is 0 Å². The molecule has 0 unspecified atom stereocenters. The molecule has 0 amide bonds. The van der Waals surface area contributed by atoms with Crippen LogP contribution in [0.5, 0.6) is 0 Å². The van der Waals surface area contributed by atoms with Crippen molar-refractivity contribution in [2.45, 2.75) is 32.1 Å². The Morgan fingerprint density at radius 2 is 1.62 bits per heavy atom. The summed E-state index contributed by atoms with van der Waals surface area (Å²) in [5, 5.41) is 10.9. The second-order valence-electron chi connectivity index (χ2n) is 6.68. The van der Waals surface area contributed by atoms with E-state index in [-0.39, 0.29) is 0 Å². The quantitative estimate of drug-likeness (QED) is 0.263.